The predicted octanol–water partition coefficient (Wildman–Crippen LogP) is 4.77. The summed E-state index contributed by atoms with van der Waals surface area (Å²) in [7, 11) is 0. The molecule has 214 valence electrons. The van der Waals surface area contributed by atoms with Gasteiger partial charge in [-0.1, -0.05) is 42.8 Å². The highest BCUT2D eigenvalue weighted by Gasteiger charge is 2.31. The molecule has 1 unspecified atom stereocenters. The maximum Gasteiger partial charge on any atom is 0.573 e. The number of halogens is 4. The van der Waals surface area contributed by atoms with Gasteiger partial charge in [-0.3, -0.25) is 9.48 Å². The topological polar surface area (TPSA) is 133 Å². The molecule has 0 fully saturated rings. The number of hydrazine groups is 1. The molecule has 1 amide bonds. The van der Waals surface area contributed by atoms with Crippen LogP contribution in [0, 0.1) is 0 Å². The first-order valence-corrected chi connectivity index (χ1v) is 12.7. The number of ether oxygens (including phenoxy) is 1. The van der Waals surface area contributed by atoms with Gasteiger partial charge in [-0.05, 0) is 65.7 Å². The predicted molar refractivity (Wildman–Crippen MR) is 150 cm³/mol. The van der Waals surface area contributed by atoms with Crippen LogP contribution in [0.2, 0.25) is 5.02 Å². The molecule has 41 heavy (non-hydrogen) atoms. The van der Waals surface area contributed by atoms with Crippen molar-refractivity contribution in [3.63, 3.8) is 0 Å². The fraction of sp³-hybridized carbons (Fsp3) is 0.179. The molecule has 0 aliphatic heterocycles. The lowest BCUT2D eigenvalue weighted by Gasteiger charge is -2.11. The largest absolute Gasteiger partial charge is 0.573 e. The van der Waals surface area contributed by atoms with Crippen LogP contribution in [-0.2, 0) is 6.54 Å². The number of alkyl halides is 3. The van der Waals surface area contributed by atoms with Crippen LogP contribution < -0.4 is 27.2 Å². The van der Waals surface area contributed by atoms with Crippen LogP contribution in [0.5, 0.6) is 5.75 Å². The van der Waals surface area contributed by atoms with Crippen LogP contribution in [-0.4, -0.2) is 34.4 Å². The minimum Gasteiger partial charge on any atom is -0.406 e. The number of carbonyl (C=O) groups is 1. The molecule has 0 saturated carbocycles. The van der Waals surface area contributed by atoms with E-state index in [1.54, 1.807) is 53.2 Å². The number of hydrogen-bond acceptors (Lipinski definition) is 6. The van der Waals surface area contributed by atoms with E-state index in [1.165, 1.54) is 12.1 Å². The van der Waals surface area contributed by atoms with E-state index in [2.05, 4.69) is 20.7 Å². The Balaban J connectivity index is 1.60. The number of aromatic nitrogens is 2. The molecule has 0 spiro atoms. The Kier molecular flexibility index (Phi) is 9.15. The van der Waals surface area contributed by atoms with E-state index in [-0.39, 0.29) is 30.0 Å². The Hall–Kier alpha value is -4.55. The van der Waals surface area contributed by atoms with E-state index in [0.29, 0.717) is 28.4 Å². The lowest BCUT2D eigenvalue weighted by Crippen LogP contribution is -2.35. The van der Waals surface area contributed by atoms with Crippen LogP contribution in [0.3, 0.4) is 0 Å². The number of hydrogen-bond donors (Lipinski definition) is 4. The van der Waals surface area contributed by atoms with Gasteiger partial charge in [-0.15, -0.1) is 13.2 Å². The summed E-state index contributed by atoms with van der Waals surface area (Å²) in [4.78, 5) is 12.4. The summed E-state index contributed by atoms with van der Waals surface area (Å²) in [6.07, 6.45) is -4.78. The number of nitrogens with one attached hydrogen (secondary N) is 2. The number of benzene rings is 3. The Morgan fingerprint density at radius 1 is 1.07 bits per heavy atom. The molecule has 13 heteroatoms. The summed E-state index contributed by atoms with van der Waals surface area (Å²) in [5, 5.41) is 11.7. The normalized spacial score (nSPS) is 12.6. The Morgan fingerprint density at radius 2 is 1.73 bits per heavy atom. The van der Waals surface area contributed by atoms with Crippen LogP contribution in [0.1, 0.15) is 40.0 Å². The van der Waals surface area contributed by atoms with Crippen molar-refractivity contribution in [3.05, 3.63) is 106 Å². The van der Waals surface area contributed by atoms with Gasteiger partial charge in [0.1, 0.15) is 11.6 Å². The smallest absolute Gasteiger partial charge is 0.406 e. The van der Waals surface area contributed by atoms with Gasteiger partial charge in [0.05, 0.1) is 24.5 Å². The van der Waals surface area contributed by atoms with Crippen molar-refractivity contribution in [2.45, 2.75) is 25.7 Å². The fourth-order valence-corrected chi connectivity index (χ4v) is 4.21. The molecule has 4 aromatic rings. The van der Waals surface area contributed by atoms with Crippen molar-refractivity contribution in [3.8, 4) is 17.0 Å². The first kappa shape index (κ1) is 29.4. The van der Waals surface area contributed by atoms with Crippen LogP contribution in [0.25, 0.3) is 11.3 Å². The van der Waals surface area contributed by atoms with Crippen molar-refractivity contribution in [1.82, 2.24) is 20.6 Å². The van der Waals surface area contributed by atoms with Crippen LogP contribution >= 0.6 is 11.6 Å². The van der Waals surface area contributed by atoms with Gasteiger partial charge < -0.3 is 15.8 Å². The lowest BCUT2D eigenvalue weighted by molar-refractivity contribution is -0.274. The minimum atomic E-state index is -4.78. The summed E-state index contributed by atoms with van der Waals surface area (Å²) in [5.74, 6) is 4.44. The Bertz CT molecular complexity index is 1500. The molecule has 4 rings (SSSR count). The molecule has 6 N–H and O–H groups in total. The Labute approximate surface area is 238 Å². The molecular formula is C28H27ClF3N7O2. The standard InChI is InChI=1S/C28H27ClF3N7O2/c1-17(19-6-10-22(29)11-7-19)24-14-25(20-8-12-23(13-9-20)41-28(30,31)32)39(37-24)16-18-2-4-21(5-3-18)27(40)35-15-26(33)36-38-34/h2-14,17,38H,15-16,34H2,1H3,(H2,33,36)(H,35,40). The molecule has 0 bridgehead atoms. The van der Waals surface area contributed by atoms with Crippen molar-refractivity contribution in [2.24, 2.45) is 16.7 Å². The molecule has 1 atom stereocenters. The molecule has 0 radical (unpaired) electrons. The molecule has 9 nitrogen and oxygen atoms in total. The molecule has 1 aromatic heterocycles. The first-order chi connectivity index (χ1) is 19.5. The van der Waals surface area contributed by atoms with Crippen LogP contribution in [0.15, 0.2) is 84.0 Å². The van der Waals surface area contributed by atoms with Crippen molar-refractivity contribution in [1.29, 1.82) is 0 Å². The first-order valence-electron chi connectivity index (χ1n) is 12.4. The molecule has 3 aromatic carbocycles. The number of hydrazone groups is 1. The monoisotopic (exact) mass is 585 g/mol. The summed E-state index contributed by atoms with van der Waals surface area (Å²) in [6, 6.07) is 21.9. The van der Waals surface area contributed by atoms with Gasteiger partial charge in [-0.2, -0.15) is 10.2 Å². The zero-order valence-corrected chi connectivity index (χ0v) is 22.6. The van der Waals surface area contributed by atoms with E-state index in [1.807, 2.05) is 25.1 Å². The molecule has 0 aliphatic carbocycles. The summed E-state index contributed by atoms with van der Waals surface area (Å²) >= 11 is 6.05. The summed E-state index contributed by atoms with van der Waals surface area (Å²) in [5.41, 5.74) is 12.0. The zero-order valence-electron chi connectivity index (χ0n) is 21.8. The van der Waals surface area contributed by atoms with Gasteiger partial charge in [0.15, 0.2) is 0 Å². The summed E-state index contributed by atoms with van der Waals surface area (Å²) in [6.45, 7) is 2.37. The average Bonchev–Trinajstić information content (AvgIpc) is 3.35. The third-order valence-electron chi connectivity index (χ3n) is 6.18. The Morgan fingerprint density at radius 3 is 2.34 bits per heavy atom. The molecule has 0 saturated heterocycles. The van der Waals surface area contributed by atoms with Gasteiger partial charge >= 0.3 is 6.36 Å². The van der Waals surface area contributed by atoms with E-state index < -0.39 is 6.36 Å². The number of carbonyl (C=O) groups excluding carboxylic acids is 1. The van der Waals surface area contributed by atoms with Gasteiger partial charge in [0.25, 0.3) is 5.91 Å². The number of amides is 1. The lowest BCUT2D eigenvalue weighted by atomic mass is 9.97. The SMILES string of the molecule is CC(c1ccc(Cl)cc1)c1cc(-c2ccc(OC(F)(F)F)cc2)n(Cc2ccc(C(=O)NC/C(N)=N/NN)cc2)n1. The third kappa shape index (κ3) is 7.99. The van der Waals surface area contributed by atoms with Gasteiger partial charge in [-0.25, -0.2) is 11.4 Å². The minimum absolute atomic E-state index is 0.0167. The average molecular weight is 586 g/mol. The van der Waals surface area contributed by atoms with E-state index >= 15 is 0 Å². The van der Waals surface area contributed by atoms with E-state index in [4.69, 9.17) is 28.3 Å². The highest BCUT2D eigenvalue weighted by molar-refractivity contribution is 6.30. The molecule has 0 aliphatic rings. The highest BCUT2D eigenvalue weighted by atomic mass is 35.5. The maximum atomic E-state index is 12.6. The highest BCUT2D eigenvalue weighted by Crippen LogP contribution is 2.31. The second-order valence-corrected chi connectivity index (χ2v) is 9.51. The second kappa shape index (κ2) is 12.7. The second-order valence-electron chi connectivity index (χ2n) is 9.07. The van der Waals surface area contributed by atoms with Crippen molar-refractivity contribution < 1.29 is 22.7 Å². The fourth-order valence-electron chi connectivity index (χ4n) is 4.08. The zero-order chi connectivity index (χ0) is 29.6. The quantitative estimate of drug-likeness (QED) is 0.0917. The van der Waals surface area contributed by atoms with Crippen molar-refractivity contribution >= 4 is 23.3 Å². The molecule has 1 heterocycles. The van der Waals surface area contributed by atoms with Gasteiger partial charge in [0.2, 0.25) is 0 Å². The number of nitrogens with two attached hydrogens (primary N) is 2. The number of nitrogens with zero attached hydrogens (tertiary/aromatic N) is 3. The number of rotatable bonds is 10. The van der Waals surface area contributed by atoms with Crippen molar-refractivity contribution in [2.75, 3.05) is 6.54 Å². The van der Waals surface area contributed by atoms with Crippen LogP contribution in [0.4, 0.5) is 13.2 Å². The molecular weight excluding hydrogens is 559 g/mol. The van der Waals surface area contributed by atoms with E-state index in [9.17, 15) is 18.0 Å². The maximum absolute atomic E-state index is 12.6. The van der Waals surface area contributed by atoms with Gasteiger partial charge in [0, 0.05) is 22.1 Å². The number of amidine groups is 1. The third-order valence-corrected chi connectivity index (χ3v) is 6.43. The van der Waals surface area contributed by atoms with E-state index in [0.717, 1.165) is 16.8 Å². The summed E-state index contributed by atoms with van der Waals surface area (Å²) < 4.78 is 43.7.